The van der Waals surface area contributed by atoms with Crippen molar-refractivity contribution in [3.8, 4) is 11.8 Å². The molecule has 3 aromatic carbocycles. The van der Waals surface area contributed by atoms with Crippen molar-refractivity contribution in [1.82, 2.24) is 5.32 Å². The van der Waals surface area contributed by atoms with Crippen molar-refractivity contribution in [3.63, 3.8) is 0 Å². The number of anilines is 2. The Kier molecular flexibility index (Phi) is 10.3. The van der Waals surface area contributed by atoms with Gasteiger partial charge in [0.25, 0.3) is 11.8 Å². The highest BCUT2D eigenvalue weighted by atomic mass is 32.2. The molecular formula is C35H32N4O4S2. The summed E-state index contributed by atoms with van der Waals surface area (Å²) in [5.41, 5.74) is 3.30. The molecule has 1 aliphatic rings. The number of carbonyl (C=O) groups is 3. The molecule has 5 rings (SSSR count). The predicted octanol–water partition coefficient (Wildman–Crippen LogP) is 7.04. The summed E-state index contributed by atoms with van der Waals surface area (Å²) in [5.74, 6) is -0.518. The second-order valence-corrected chi connectivity index (χ2v) is 12.9. The molecule has 3 amide bonds. The van der Waals surface area contributed by atoms with Crippen LogP contribution in [0, 0.1) is 11.3 Å². The molecule has 1 unspecified atom stereocenters. The number of benzene rings is 3. The van der Waals surface area contributed by atoms with E-state index in [4.69, 9.17) is 4.74 Å². The molecular weight excluding hydrogens is 605 g/mol. The first kappa shape index (κ1) is 31.6. The molecule has 0 aliphatic heterocycles. The lowest BCUT2D eigenvalue weighted by molar-refractivity contribution is -0.115. The molecule has 228 valence electrons. The van der Waals surface area contributed by atoms with E-state index < -0.39 is 17.1 Å². The number of nitrogens with zero attached hydrogens (tertiary/aromatic N) is 1. The van der Waals surface area contributed by atoms with Gasteiger partial charge in [-0.15, -0.1) is 23.1 Å². The lowest BCUT2D eigenvalue weighted by Crippen LogP contribution is -2.30. The van der Waals surface area contributed by atoms with Gasteiger partial charge >= 0.3 is 0 Å². The van der Waals surface area contributed by atoms with Gasteiger partial charge in [-0.2, -0.15) is 5.26 Å². The molecule has 1 aromatic heterocycles. The van der Waals surface area contributed by atoms with Crippen LogP contribution in [-0.2, 0) is 22.4 Å². The second-order valence-electron chi connectivity index (χ2n) is 10.4. The number of nitrogens with one attached hydrogen (secondary N) is 3. The molecule has 3 N–H and O–H groups in total. The van der Waals surface area contributed by atoms with Crippen LogP contribution in [0.5, 0.6) is 5.75 Å². The van der Waals surface area contributed by atoms with Crippen molar-refractivity contribution in [1.29, 1.82) is 5.26 Å². The van der Waals surface area contributed by atoms with E-state index in [0.717, 1.165) is 36.1 Å². The summed E-state index contributed by atoms with van der Waals surface area (Å²) >= 11 is 2.85. The highest BCUT2D eigenvalue weighted by Crippen LogP contribution is 2.38. The van der Waals surface area contributed by atoms with Crippen molar-refractivity contribution >= 4 is 57.6 Å². The van der Waals surface area contributed by atoms with Crippen LogP contribution in [0.1, 0.15) is 51.7 Å². The van der Waals surface area contributed by atoms with Crippen LogP contribution in [0.15, 0.2) is 89.5 Å². The summed E-state index contributed by atoms with van der Waals surface area (Å²) in [5, 5.41) is 18.5. The summed E-state index contributed by atoms with van der Waals surface area (Å²) in [6.45, 7) is 1.80. The molecule has 0 spiro atoms. The smallest absolute Gasteiger partial charge is 0.272 e. The Hall–Kier alpha value is -4.85. The van der Waals surface area contributed by atoms with Gasteiger partial charge in [-0.1, -0.05) is 36.4 Å². The Morgan fingerprint density at radius 2 is 1.76 bits per heavy atom. The zero-order chi connectivity index (χ0) is 31.8. The number of hydrogen-bond donors (Lipinski definition) is 3. The summed E-state index contributed by atoms with van der Waals surface area (Å²) in [4.78, 5) is 41.6. The van der Waals surface area contributed by atoms with E-state index in [0.29, 0.717) is 33.1 Å². The third kappa shape index (κ3) is 8.01. The largest absolute Gasteiger partial charge is 0.497 e. The van der Waals surface area contributed by atoms with Gasteiger partial charge in [-0.25, -0.2) is 0 Å². The number of fused-ring (bicyclic) bond motifs is 1. The van der Waals surface area contributed by atoms with Crippen LogP contribution >= 0.6 is 23.1 Å². The van der Waals surface area contributed by atoms with Gasteiger partial charge in [0.1, 0.15) is 22.5 Å². The Balaban J connectivity index is 1.29. The number of nitriles is 1. The molecule has 8 nitrogen and oxygen atoms in total. The number of carbonyl (C=O) groups excluding carboxylic acids is 3. The van der Waals surface area contributed by atoms with Crippen LogP contribution in [0.3, 0.4) is 0 Å². The van der Waals surface area contributed by atoms with E-state index >= 15 is 0 Å². The number of rotatable bonds is 10. The molecule has 0 saturated heterocycles. The Morgan fingerprint density at radius 1 is 0.978 bits per heavy atom. The monoisotopic (exact) mass is 636 g/mol. The van der Waals surface area contributed by atoms with Gasteiger partial charge in [0.05, 0.1) is 17.9 Å². The van der Waals surface area contributed by atoms with Crippen molar-refractivity contribution < 1.29 is 19.1 Å². The first-order chi connectivity index (χ1) is 21.8. The minimum atomic E-state index is -0.513. The molecule has 1 aliphatic carbocycles. The van der Waals surface area contributed by atoms with E-state index in [1.165, 1.54) is 28.0 Å². The normalized spacial score (nSPS) is 13.1. The van der Waals surface area contributed by atoms with E-state index in [-0.39, 0.29) is 11.6 Å². The average Bonchev–Trinajstić information content (AvgIpc) is 3.41. The van der Waals surface area contributed by atoms with Gasteiger partial charge in [0.2, 0.25) is 5.91 Å². The minimum absolute atomic E-state index is 0.0508. The molecule has 0 radical (unpaired) electrons. The Labute approximate surface area is 270 Å². The number of ether oxygens (including phenoxy) is 1. The fourth-order valence-electron chi connectivity index (χ4n) is 4.93. The van der Waals surface area contributed by atoms with Crippen LogP contribution in [0.4, 0.5) is 10.7 Å². The van der Waals surface area contributed by atoms with Crippen molar-refractivity contribution in [2.24, 2.45) is 0 Å². The first-order valence-electron chi connectivity index (χ1n) is 14.5. The van der Waals surface area contributed by atoms with E-state index in [1.54, 1.807) is 86.8 Å². The lowest BCUT2D eigenvalue weighted by Gasteiger charge is -2.14. The van der Waals surface area contributed by atoms with Gasteiger partial charge in [0.15, 0.2) is 0 Å². The molecule has 45 heavy (non-hydrogen) atoms. The average molecular weight is 637 g/mol. The molecule has 0 bridgehead atoms. The molecule has 1 atom stereocenters. The van der Waals surface area contributed by atoms with Gasteiger partial charge in [-0.05, 0) is 92.3 Å². The van der Waals surface area contributed by atoms with E-state index in [9.17, 15) is 19.6 Å². The van der Waals surface area contributed by atoms with Crippen molar-refractivity contribution in [3.05, 3.63) is 112 Å². The number of thioether (sulfide) groups is 1. The standard InChI is InChI=1S/C35H32N4O4S2/c1-22(32(40)39-35-29(21-36)28-16-6-7-17-31(28)45-35)44-27-15-9-13-25(20-27)37-34(42)30(19-23-10-8-14-26(18-23)43-2)38-33(41)24-11-4-3-5-12-24/h3-5,8-15,18-20,22H,6-7,16-17H2,1-2H3,(H,37,42)(H,38,41)(H,39,40)/b30-19-. The van der Waals surface area contributed by atoms with Crippen LogP contribution in [0.25, 0.3) is 6.08 Å². The van der Waals surface area contributed by atoms with Crippen LogP contribution in [-0.4, -0.2) is 30.1 Å². The second kappa shape index (κ2) is 14.8. The van der Waals surface area contributed by atoms with Gasteiger partial charge < -0.3 is 20.7 Å². The molecule has 1 heterocycles. The van der Waals surface area contributed by atoms with Crippen molar-refractivity contribution in [2.75, 3.05) is 17.7 Å². The summed E-state index contributed by atoms with van der Waals surface area (Å²) in [6, 6.07) is 25.3. The predicted molar refractivity (Wildman–Crippen MR) is 180 cm³/mol. The van der Waals surface area contributed by atoms with Crippen LogP contribution in [0.2, 0.25) is 0 Å². The molecule has 4 aromatic rings. The fraction of sp³-hybridized carbons (Fsp3) is 0.200. The lowest BCUT2D eigenvalue weighted by atomic mass is 9.96. The zero-order valence-corrected chi connectivity index (χ0v) is 26.5. The quantitative estimate of drug-likeness (QED) is 0.127. The van der Waals surface area contributed by atoms with Gasteiger partial charge in [0, 0.05) is 21.0 Å². The molecule has 0 fully saturated rings. The maximum atomic E-state index is 13.5. The maximum absolute atomic E-state index is 13.5. The topological polar surface area (TPSA) is 120 Å². The van der Waals surface area contributed by atoms with Crippen molar-refractivity contribution in [2.45, 2.75) is 42.8 Å². The highest BCUT2D eigenvalue weighted by molar-refractivity contribution is 8.00. The first-order valence-corrected chi connectivity index (χ1v) is 16.2. The number of aryl methyl sites for hydroxylation is 1. The number of thiophene rings is 1. The number of amides is 3. The number of hydrogen-bond acceptors (Lipinski definition) is 7. The maximum Gasteiger partial charge on any atom is 0.272 e. The summed E-state index contributed by atoms with van der Waals surface area (Å²) in [7, 11) is 1.56. The minimum Gasteiger partial charge on any atom is -0.497 e. The summed E-state index contributed by atoms with van der Waals surface area (Å²) in [6.07, 6.45) is 5.56. The van der Waals surface area contributed by atoms with E-state index in [2.05, 4.69) is 22.0 Å². The SMILES string of the molecule is COc1cccc(/C=C(\NC(=O)c2ccccc2)C(=O)Nc2cccc(SC(C)C(=O)Nc3sc4c(c3C#N)CCCC4)c2)c1. The molecule has 10 heteroatoms. The van der Waals surface area contributed by atoms with Crippen LogP contribution < -0.4 is 20.7 Å². The Morgan fingerprint density at radius 3 is 2.53 bits per heavy atom. The third-order valence-electron chi connectivity index (χ3n) is 7.23. The fourth-order valence-corrected chi connectivity index (χ4v) is 7.10. The Bertz CT molecular complexity index is 1790. The zero-order valence-electron chi connectivity index (χ0n) is 24.9. The highest BCUT2D eigenvalue weighted by Gasteiger charge is 2.24. The van der Waals surface area contributed by atoms with E-state index in [1.807, 2.05) is 12.1 Å². The number of methoxy groups -OCH3 is 1. The summed E-state index contributed by atoms with van der Waals surface area (Å²) < 4.78 is 5.31. The third-order valence-corrected chi connectivity index (χ3v) is 9.53. The van der Waals surface area contributed by atoms with Gasteiger partial charge in [-0.3, -0.25) is 14.4 Å². The molecule has 0 saturated carbocycles.